The fraction of sp³-hybridized carbons (Fsp3) is 0.786. The van der Waals surface area contributed by atoms with Crippen molar-refractivity contribution >= 4 is 0 Å². The molecule has 1 aromatic heterocycles. The number of aryl methyl sites for hydroxylation is 1. The molecule has 6 heteroatoms. The van der Waals surface area contributed by atoms with Gasteiger partial charge in [-0.1, -0.05) is 6.92 Å². The fourth-order valence-electron chi connectivity index (χ4n) is 2.77. The Hall–Kier alpha value is -1.11. The molecule has 1 saturated heterocycles. The summed E-state index contributed by atoms with van der Waals surface area (Å²) in [6.45, 7) is 6.85. The Morgan fingerprint density at radius 2 is 2.45 bits per heavy atom. The van der Waals surface area contributed by atoms with Crippen LogP contribution >= 0.6 is 0 Å². The van der Waals surface area contributed by atoms with Crippen LogP contribution in [-0.4, -0.2) is 47.8 Å². The second kappa shape index (κ2) is 6.56. The summed E-state index contributed by atoms with van der Waals surface area (Å²) in [6.07, 6.45) is 3.20. The van der Waals surface area contributed by atoms with Gasteiger partial charge in [-0.15, -0.1) is 0 Å². The molecule has 0 saturated carbocycles. The van der Waals surface area contributed by atoms with E-state index in [2.05, 4.69) is 17.3 Å². The van der Waals surface area contributed by atoms with Crippen LogP contribution < -0.4 is 10.1 Å². The average molecular weight is 283 g/mol. The highest BCUT2D eigenvalue weighted by molar-refractivity contribution is 5.30. The number of hydrogen-bond acceptors (Lipinski definition) is 5. The minimum Gasteiger partial charge on any atom is -0.493 e. The molecule has 0 spiro atoms. The highest BCUT2D eigenvalue weighted by Crippen LogP contribution is 2.33. The third kappa shape index (κ3) is 3.31. The van der Waals surface area contributed by atoms with Crippen molar-refractivity contribution in [1.82, 2.24) is 15.1 Å². The molecule has 1 fully saturated rings. The first-order valence-corrected chi connectivity index (χ1v) is 7.22. The molecular formula is C14H25N3O3. The van der Waals surface area contributed by atoms with Gasteiger partial charge in [-0.2, -0.15) is 5.10 Å². The quantitative estimate of drug-likeness (QED) is 0.811. The summed E-state index contributed by atoms with van der Waals surface area (Å²) >= 11 is 0. The van der Waals surface area contributed by atoms with E-state index in [1.165, 1.54) is 0 Å². The summed E-state index contributed by atoms with van der Waals surface area (Å²) in [6, 6.07) is 0.147. The molecular weight excluding hydrogens is 258 g/mol. The number of nitrogens with zero attached hydrogens (tertiary/aromatic N) is 2. The van der Waals surface area contributed by atoms with E-state index in [4.69, 9.17) is 9.47 Å². The van der Waals surface area contributed by atoms with Crippen LogP contribution in [0.15, 0.2) is 6.20 Å². The van der Waals surface area contributed by atoms with Crippen LogP contribution in [0.5, 0.6) is 5.75 Å². The fourth-order valence-corrected chi connectivity index (χ4v) is 2.77. The van der Waals surface area contributed by atoms with E-state index < -0.39 is 5.60 Å². The van der Waals surface area contributed by atoms with Crippen LogP contribution in [0.1, 0.15) is 32.4 Å². The first-order valence-electron chi connectivity index (χ1n) is 7.22. The predicted octanol–water partition coefficient (Wildman–Crippen LogP) is 0.888. The maximum atomic E-state index is 10.9. The molecule has 2 N–H and O–H groups in total. The van der Waals surface area contributed by atoms with Crippen LogP contribution in [0.25, 0.3) is 0 Å². The number of aromatic nitrogens is 2. The maximum absolute atomic E-state index is 10.9. The number of methoxy groups -OCH3 is 1. The van der Waals surface area contributed by atoms with Gasteiger partial charge in [0.05, 0.1) is 26.5 Å². The second-order valence-electron chi connectivity index (χ2n) is 5.49. The van der Waals surface area contributed by atoms with E-state index in [1.807, 2.05) is 11.6 Å². The lowest BCUT2D eigenvalue weighted by Gasteiger charge is -2.32. The second-order valence-corrected chi connectivity index (χ2v) is 5.49. The zero-order chi connectivity index (χ0) is 14.6. The minimum absolute atomic E-state index is 0.147. The molecule has 1 aromatic rings. The van der Waals surface area contributed by atoms with E-state index in [9.17, 15) is 5.11 Å². The van der Waals surface area contributed by atoms with Crippen molar-refractivity contribution in [2.75, 3.05) is 26.9 Å². The summed E-state index contributed by atoms with van der Waals surface area (Å²) in [7, 11) is 1.61. The zero-order valence-electron chi connectivity index (χ0n) is 12.6. The van der Waals surface area contributed by atoms with Gasteiger partial charge < -0.3 is 19.9 Å². The molecule has 6 nitrogen and oxygen atoms in total. The third-order valence-corrected chi connectivity index (χ3v) is 3.61. The molecule has 2 unspecified atom stereocenters. The van der Waals surface area contributed by atoms with Crippen LogP contribution in [0.3, 0.4) is 0 Å². The van der Waals surface area contributed by atoms with Crippen LogP contribution in [0, 0.1) is 0 Å². The number of ether oxygens (including phenoxy) is 2. The van der Waals surface area contributed by atoms with Crippen LogP contribution in [0.2, 0.25) is 0 Å². The van der Waals surface area contributed by atoms with E-state index in [0.29, 0.717) is 18.8 Å². The number of morpholine rings is 1. The first kappa shape index (κ1) is 15.3. The number of nitrogens with one attached hydrogen (secondary N) is 1. The van der Waals surface area contributed by atoms with Crippen molar-refractivity contribution in [3.8, 4) is 5.75 Å². The molecule has 0 bridgehead atoms. The number of rotatable bonds is 6. The molecule has 2 atom stereocenters. The molecule has 0 amide bonds. The van der Waals surface area contributed by atoms with E-state index in [1.54, 1.807) is 13.3 Å². The molecule has 114 valence electrons. The molecule has 1 aliphatic rings. The SMILES string of the molecule is CCCn1ncc(OC)c1C(C)(O)CC1COCCN1. The van der Waals surface area contributed by atoms with Gasteiger partial charge in [0.1, 0.15) is 11.3 Å². The zero-order valence-corrected chi connectivity index (χ0v) is 12.6. The lowest BCUT2D eigenvalue weighted by molar-refractivity contribution is -0.00384. The largest absolute Gasteiger partial charge is 0.493 e. The molecule has 1 aliphatic heterocycles. The van der Waals surface area contributed by atoms with Gasteiger partial charge in [-0.05, 0) is 19.8 Å². The van der Waals surface area contributed by atoms with Crippen molar-refractivity contribution in [3.63, 3.8) is 0 Å². The number of aliphatic hydroxyl groups is 1. The van der Waals surface area contributed by atoms with E-state index in [-0.39, 0.29) is 6.04 Å². The lowest BCUT2D eigenvalue weighted by Crippen LogP contribution is -2.45. The van der Waals surface area contributed by atoms with Gasteiger partial charge in [0.15, 0.2) is 5.75 Å². The third-order valence-electron chi connectivity index (χ3n) is 3.61. The predicted molar refractivity (Wildman–Crippen MR) is 75.9 cm³/mol. The highest BCUT2D eigenvalue weighted by Gasteiger charge is 2.34. The van der Waals surface area contributed by atoms with Crippen LogP contribution in [-0.2, 0) is 16.9 Å². The summed E-state index contributed by atoms with van der Waals surface area (Å²) in [5.41, 5.74) is -0.260. The molecule has 20 heavy (non-hydrogen) atoms. The molecule has 2 heterocycles. The molecule has 0 radical (unpaired) electrons. The summed E-state index contributed by atoms with van der Waals surface area (Å²) in [4.78, 5) is 0. The Bertz CT molecular complexity index is 425. The van der Waals surface area contributed by atoms with E-state index >= 15 is 0 Å². The van der Waals surface area contributed by atoms with E-state index in [0.717, 1.165) is 31.8 Å². The van der Waals surface area contributed by atoms with Gasteiger partial charge in [0.2, 0.25) is 0 Å². The first-order chi connectivity index (χ1) is 9.58. The monoisotopic (exact) mass is 283 g/mol. The summed E-state index contributed by atoms with van der Waals surface area (Å²) in [5.74, 6) is 0.639. The Labute approximate surface area is 120 Å². The van der Waals surface area contributed by atoms with Crippen molar-refractivity contribution in [2.45, 2.75) is 44.9 Å². The standard InChI is InChI=1S/C14H25N3O3/c1-4-6-17-13(12(19-3)9-16-17)14(2,18)8-11-10-20-7-5-15-11/h9,11,15,18H,4-8,10H2,1-3H3. The minimum atomic E-state index is -1.00. The van der Waals surface area contributed by atoms with Crippen molar-refractivity contribution in [3.05, 3.63) is 11.9 Å². The van der Waals surface area contributed by atoms with Crippen LogP contribution in [0.4, 0.5) is 0 Å². The average Bonchev–Trinajstić information content (AvgIpc) is 2.83. The normalized spacial score (nSPS) is 22.5. The Morgan fingerprint density at radius 1 is 1.65 bits per heavy atom. The number of hydrogen-bond donors (Lipinski definition) is 2. The lowest BCUT2D eigenvalue weighted by atomic mass is 9.92. The van der Waals surface area contributed by atoms with Crippen molar-refractivity contribution in [1.29, 1.82) is 0 Å². The highest BCUT2D eigenvalue weighted by atomic mass is 16.5. The molecule has 2 rings (SSSR count). The summed E-state index contributed by atoms with van der Waals surface area (Å²) < 4.78 is 12.6. The van der Waals surface area contributed by atoms with Gasteiger partial charge in [-0.25, -0.2) is 0 Å². The van der Waals surface area contributed by atoms with Gasteiger partial charge in [0, 0.05) is 19.1 Å². The maximum Gasteiger partial charge on any atom is 0.162 e. The topological polar surface area (TPSA) is 68.5 Å². The summed E-state index contributed by atoms with van der Waals surface area (Å²) in [5, 5.41) is 18.6. The van der Waals surface area contributed by atoms with Gasteiger partial charge in [0.25, 0.3) is 0 Å². The van der Waals surface area contributed by atoms with Gasteiger partial charge >= 0.3 is 0 Å². The Balaban J connectivity index is 2.19. The molecule has 0 aromatic carbocycles. The Morgan fingerprint density at radius 3 is 3.05 bits per heavy atom. The Kier molecular flexibility index (Phi) is 5.01. The smallest absolute Gasteiger partial charge is 0.162 e. The molecule has 0 aliphatic carbocycles. The van der Waals surface area contributed by atoms with Crippen molar-refractivity contribution in [2.24, 2.45) is 0 Å². The van der Waals surface area contributed by atoms with Crippen molar-refractivity contribution < 1.29 is 14.6 Å². The van der Waals surface area contributed by atoms with Gasteiger partial charge in [-0.3, -0.25) is 4.68 Å².